The summed E-state index contributed by atoms with van der Waals surface area (Å²) in [5.41, 5.74) is 0.235. The molecule has 6 fully saturated rings. The number of carbonyl (C=O) groups excluding carboxylic acids is 1. The molecule has 0 bridgehead atoms. The summed E-state index contributed by atoms with van der Waals surface area (Å²) in [7, 11) is 0. The molecule has 1 N–H and O–H groups in total. The van der Waals surface area contributed by atoms with Crippen LogP contribution in [-0.2, 0) is 14.3 Å². The van der Waals surface area contributed by atoms with Crippen molar-refractivity contribution in [2.75, 3.05) is 0 Å². The van der Waals surface area contributed by atoms with Gasteiger partial charge in [-0.3, -0.25) is 9.59 Å². The van der Waals surface area contributed by atoms with Gasteiger partial charge in [-0.15, -0.1) is 0 Å². The third kappa shape index (κ3) is 3.25. The summed E-state index contributed by atoms with van der Waals surface area (Å²) < 4.78 is 5.90. The molecule has 0 aromatic carbocycles. The highest BCUT2D eigenvalue weighted by Crippen LogP contribution is 2.78. The largest absolute Gasteiger partial charge is 0.481 e. The van der Waals surface area contributed by atoms with Crippen LogP contribution in [0, 0.1) is 68.5 Å². The molecule has 37 heavy (non-hydrogen) atoms. The van der Waals surface area contributed by atoms with E-state index < -0.39 is 11.4 Å². The lowest BCUT2D eigenvalue weighted by atomic mass is 9.32. The molecular weight excluding hydrogens is 460 g/mol. The number of hydrogen-bond acceptors (Lipinski definition) is 3. The first-order valence-electron chi connectivity index (χ1n) is 15.6. The highest BCUT2D eigenvalue weighted by molar-refractivity contribution is 5.76. The van der Waals surface area contributed by atoms with Gasteiger partial charge in [0.05, 0.1) is 5.41 Å². The zero-order chi connectivity index (χ0) is 26.8. The zero-order valence-electron chi connectivity index (χ0n) is 24.6. The lowest BCUT2D eigenvalue weighted by Gasteiger charge is -2.72. The van der Waals surface area contributed by atoms with Gasteiger partial charge < -0.3 is 9.84 Å². The van der Waals surface area contributed by atoms with E-state index in [4.69, 9.17) is 4.74 Å². The van der Waals surface area contributed by atoms with Crippen LogP contribution in [0.25, 0.3) is 0 Å². The van der Waals surface area contributed by atoms with Crippen LogP contribution in [-0.4, -0.2) is 23.1 Å². The van der Waals surface area contributed by atoms with Gasteiger partial charge in [-0.25, -0.2) is 0 Å². The first kappa shape index (κ1) is 26.2. The number of carboxylic acids is 1. The molecule has 6 rings (SSSR count). The molecule has 4 nitrogen and oxygen atoms in total. The van der Waals surface area contributed by atoms with Crippen LogP contribution in [0.5, 0.6) is 0 Å². The van der Waals surface area contributed by atoms with Gasteiger partial charge in [0.2, 0.25) is 0 Å². The molecule has 6 aliphatic rings. The minimum atomic E-state index is -0.483. The van der Waals surface area contributed by atoms with Gasteiger partial charge in [-0.05, 0) is 128 Å². The quantitative estimate of drug-likeness (QED) is 0.393. The smallest absolute Gasteiger partial charge is 0.309 e. The van der Waals surface area contributed by atoms with Crippen LogP contribution in [0.2, 0.25) is 0 Å². The fourth-order valence-corrected chi connectivity index (χ4v) is 12.8. The maximum Gasteiger partial charge on any atom is 0.309 e. The van der Waals surface area contributed by atoms with Crippen molar-refractivity contribution in [1.82, 2.24) is 0 Å². The molecule has 208 valence electrons. The molecule has 0 saturated heterocycles. The van der Waals surface area contributed by atoms with E-state index in [1.165, 1.54) is 32.1 Å². The van der Waals surface area contributed by atoms with E-state index in [-0.39, 0.29) is 33.7 Å². The Morgan fingerprint density at radius 1 is 0.784 bits per heavy atom. The molecule has 0 aromatic heterocycles. The second-order valence-corrected chi connectivity index (χ2v) is 16.2. The number of esters is 1. The molecule has 0 radical (unpaired) electrons. The lowest BCUT2D eigenvalue weighted by molar-refractivity contribution is -0.251. The average Bonchev–Trinajstić information content (AvgIpc) is 3.39. The Balaban J connectivity index is 1.35. The predicted molar refractivity (Wildman–Crippen MR) is 145 cm³/mol. The maximum absolute atomic E-state index is 13.0. The van der Waals surface area contributed by atoms with E-state index in [0.29, 0.717) is 29.6 Å². The molecule has 0 amide bonds. The Morgan fingerprint density at radius 3 is 2.11 bits per heavy atom. The first-order valence-corrected chi connectivity index (χ1v) is 15.6. The monoisotopic (exact) mass is 512 g/mol. The number of carboxylic acid groups (broad SMARTS) is 1. The molecule has 12 atom stereocenters. The summed E-state index contributed by atoms with van der Waals surface area (Å²) in [6.07, 6.45) is 12.4. The summed E-state index contributed by atoms with van der Waals surface area (Å²) in [6, 6.07) is 0. The third-order valence-electron chi connectivity index (χ3n) is 14.9. The molecule has 0 spiro atoms. The molecule has 0 aliphatic heterocycles. The Hall–Kier alpha value is -1.06. The number of rotatable bonds is 3. The molecule has 6 aliphatic carbocycles. The van der Waals surface area contributed by atoms with Crippen molar-refractivity contribution in [2.45, 2.75) is 125 Å². The van der Waals surface area contributed by atoms with E-state index in [1.807, 2.05) is 0 Å². The summed E-state index contributed by atoms with van der Waals surface area (Å²) in [6.45, 7) is 16.5. The van der Waals surface area contributed by atoms with Crippen molar-refractivity contribution >= 4 is 11.9 Å². The highest BCUT2D eigenvalue weighted by Gasteiger charge is 2.73. The van der Waals surface area contributed by atoms with Crippen molar-refractivity contribution < 1.29 is 19.4 Å². The number of hydrogen-bond donors (Lipinski definition) is 1. The molecule has 6 saturated carbocycles. The third-order valence-corrected chi connectivity index (χ3v) is 14.9. The molecule has 0 aromatic rings. The molecule has 12 unspecified atom stereocenters. The van der Waals surface area contributed by atoms with Crippen LogP contribution in [0.4, 0.5) is 0 Å². The van der Waals surface area contributed by atoms with Gasteiger partial charge in [0.15, 0.2) is 0 Å². The standard InChI is InChI=1S/C33H52O4/c1-19-18-22(19)21-10-15-33(28(35)36)17-16-31(6)23(27(21)33)8-9-25-30(5)13-12-26(37-20(2)34)29(3,4)24(30)11-14-32(25,31)7/h19,21-27H,8-18H2,1-7H3,(H,35,36). The SMILES string of the molecule is CC(=O)OC1CCC2(C)C(CCC3(C)C2CCC2C4C(C5CC5C)CCC4(C(=O)O)CCC23C)C1(C)C. The summed E-state index contributed by atoms with van der Waals surface area (Å²) in [5, 5.41) is 10.7. The molecule has 0 heterocycles. The molecular formula is C33H52O4. The Bertz CT molecular complexity index is 987. The number of fused-ring (bicyclic) bond motifs is 7. The van der Waals surface area contributed by atoms with Gasteiger partial charge in [0.25, 0.3) is 0 Å². The van der Waals surface area contributed by atoms with Crippen molar-refractivity contribution in [3.05, 3.63) is 0 Å². The van der Waals surface area contributed by atoms with E-state index in [2.05, 4.69) is 41.5 Å². The number of ether oxygens (including phenoxy) is 1. The van der Waals surface area contributed by atoms with Crippen molar-refractivity contribution in [3.8, 4) is 0 Å². The fourth-order valence-electron chi connectivity index (χ4n) is 12.8. The van der Waals surface area contributed by atoms with Crippen LogP contribution in [0.3, 0.4) is 0 Å². The van der Waals surface area contributed by atoms with E-state index in [9.17, 15) is 14.7 Å². The molecule has 4 heteroatoms. The van der Waals surface area contributed by atoms with E-state index in [1.54, 1.807) is 6.92 Å². The second kappa shape index (κ2) is 8.00. The van der Waals surface area contributed by atoms with Crippen LogP contribution < -0.4 is 0 Å². The fraction of sp³-hybridized carbons (Fsp3) is 0.939. The summed E-state index contributed by atoms with van der Waals surface area (Å²) in [5.74, 6) is 3.70. The van der Waals surface area contributed by atoms with Gasteiger partial charge in [0.1, 0.15) is 6.10 Å². The second-order valence-electron chi connectivity index (χ2n) is 16.2. The lowest BCUT2D eigenvalue weighted by Crippen LogP contribution is -2.67. The van der Waals surface area contributed by atoms with Gasteiger partial charge >= 0.3 is 11.9 Å². The predicted octanol–water partition coefficient (Wildman–Crippen LogP) is 7.74. The average molecular weight is 513 g/mol. The minimum absolute atomic E-state index is 0.0125. The van der Waals surface area contributed by atoms with Crippen molar-refractivity contribution in [2.24, 2.45) is 68.5 Å². The Morgan fingerprint density at radius 2 is 1.49 bits per heavy atom. The highest BCUT2D eigenvalue weighted by atomic mass is 16.5. The zero-order valence-corrected chi connectivity index (χ0v) is 24.6. The summed E-state index contributed by atoms with van der Waals surface area (Å²) >= 11 is 0. The van der Waals surface area contributed by atoms with Crippen molar-refractivity contribution in [1.29, 1.82) is 0 Å². The van der Waals surface area contributed by atoms with Crippen LogP contribution in [0.15, 0.2) is 0 Å². The van der Waals surface area contributed by atoms with Crippen LogP contribution >= 0.6 is 0 Å². The number of aliphatic carboxylic acids is 1. The van der Waals surface area contributed by atoms with Crippen molar-refractivity contribution in [3.63, 3.8) is 0 Å². The number of carbonyl (C=O) groups is 2. The summed E-state index contributed by atoms with van der Waals surface area (Å²) in [4.78, 5) is 24.9. The van der Waals surface area contributed by atoms with Gasteiger partial charge in [-0.1, -0.05) is 41.5 Å². The van der Waals surface area contributed by atoms with Gasteiger partial charge in [0, 0.05) is 12.3 Å². The minimum Gasteiger partial charge on any atom is -0.481 e. The topological polar surface area (TPSA) is 63.6 Å². The van der Waals surface area contributed by atoms with Crippen LogP contribution in [0.1, 0.15) is 119 Å². The van der Waals surface area contributed by atoms with E-state index in [0.717, 1.165) is 50.4 Å². The Kier molecular flexibility index (Phi) is 5.66. The normalized spacial score (nSPS) is 55.8. The first-order chi connectivity index (χ1) is 17.2. The van der Waals surface area contributed by atoms with Gasteiger partial charge in [-0.2, -0.15) is 0 Å². The maximum atomic E-state index is 13.0. The van der Waals surface area contributed by atoms with E-state index >= 15 is 0 Å². The Labute approximate surface area is 225 Å².